The summed E-state index contributed by atoms with van der Waals surface area (Å²) >= 11 is 6.62. The van der Waals surface area contributed by atoms with Gasteiger partial charge in [-0.3, -0.25) is 14.6 Å². The molecule has 242 valence electrons. The SMILES string of the molecule is CN(CCCC(Cc1cccc(N2CCN(c3cccc(OC(I)(I)I)c3)C2=O)c1)C(=O)OC(C)(C)C)C(=O)OC(C)(C)C. The molecule has 12 heteroatoms. The van der Waals surface area contributed by atoms with Gasteiger partial charge in [-0.2, -0.15) is 0 Å². The molecule has 1 heterocycles. The Labute approximate surface area is 302 Å². The molecule has 44 heavy (non-hydrogen) atoms. The van der Waals surface area contributed by atoms with Crippen LogP contribution in [0.25, 0.3) is 0 Å². The van der Waals surface area contributed by atoms with E-state index in [0.717, 1.165) is 16.9 Å². The Morgan fingerprint density at radius 2 is 1.45 bits per heavy atom. The molecule has 0 aromatic heterocycles. The lowest BCUT2D eigenvalue weighted by Crippen LogP contribution is -2.35. The predicted octanol–water partition coefficient (Wildman–Crippen LogP) is 8.58. The van der Waals surface area contributed by atoms with E-state index in [4.69, 9.17) is 14.2 Å². The summed E-state index contributed by atoms with van der Waals surface area (Å²) < 4.78 is 16.8. The number of alkyl halides is 3. The van der Waals surface area contributed by atoms with Crippen molar-refractivity contribution in [1.82, 2.24) is 4.90 Å². The Balaban J connectivity index is 1.72. The van der Waals surface area contributed by atoms with Crippen LogP contribution in [0.15, 0.2) is 48.5 Å². The number of carbonyl (C=O) groups excluding carboxylic acids is 3. The van der Waals surface area contributed by atoms with Crippen LogP contribution >= 0.6 is 67.8 Å². The molecular weight excluding hydrogens is 903 g/mol. The van der Waals surface area contributed by atoms with Gasteiger partial charge in [-0.1, -0.05) is 18.2 Å². The average Bonchev–Trinajstić information content (AvgIpc) is 3.26. The van der Waals surface area contributed by atoms with E-state index in [2.05, 4.69) is 67.8 Å². The molecular formula is C32H42I3N3O6. The second kappa shape index (κ2) is 15.4. The molecule has 1 aliphatic rings. The summed E-state index contributed by atoms with van der Waals surface area (Å²) in [4.78, 5) is 44.2. The van der Waals surface area contributed by atoms with Crippen molar-refractivity contribution in [3.05, 3.63) is 54.1 Å². The fourth-order valence-corrected chi connectivity index (χ4v) is 5.46. The maximum Gasteiger partial charge on any atom is 0.410 e. The maximum atomic E-state index is 13.5. The Morgan fingerprint density at radius 1 is 0.886 bits per heavy atom. The molecule has 1 unspecified atom stereocenters. The Hall–Kier alpha value is -1.56. The number of anilines is 2. The van der Waals surface area contributed by atoms with Gasteiger partial charge in [0, 0.05) is 44.1 Å². The number of hydrogen-bond donors (Lipinski definition) is 0. The van der Waals surface area contributed by atoms with Gasteiger partial charge in [-0.15, -0.1) is 0 Å². The predicted molar refractivity (Wildman–Crippen MR) is 200 cm³/mol. The highest BCUT2D eigenvalue weighted by molar-refractivity contribution is 14.3. The molecule has 2 aromatic carbocycles. The standard InChI is InChI=1S/C32H42I3N3O6/c1-30(2,3)43-27(39)23(12-10-16-36(7)29(41)44-31(4,5)6)19-22-11-8-13-24(20-22)37-17-18-38(28(37)40)25-14-9-15-26(21-25)42-32(33,34)35/h8-9,11,13-15,20-21,23H,10,12,16-19H2,1-7H3. The third-order valence-electron chi connectivity index (χ3n) is 6.57. The number of ether oxygens (including phenoxy) is 3. The van der Waals surface area contributed by atoms with Crippen LogP contribution in [-0.2, 0) is 20.7 Å². The van der Waals surface area contributed by atoms with Crippen LogP contribution in [0.2, 0.25) is 0 Å². The van der Waals surface area contributed by atoms with E-state index < -0.39 is 22.8 Å². The van der Waals surface area contributed by atoms with Gasteiger partial charge in [0.25, 0.3) is -0.379 Å². The monoisotopic (exact) mass is 945 g/mol. The summed E-state index contributed by atoms with van der Waals surface area (Å²) in [5.41, 5.74) is 1.29. The molecule has 1 saturated heterocycles. The largest absolute Gasteiger partial charge is 0.460 e. The van der Waals surface area contributed by atoms with Crippen LogP contribution in [0.4, 0.5) is 21.0 Å². The minimum Gasteiger partial charge on any atom is -0.460 e. The first kappa shape index (κ1) is 36.9. The molecule has 0 radical (unpaired) electrons. The van der Waals surface area contributed by atoms with Crippen LogP contribution in [0.3, 0.4) is 0 Å². The van der Waals surface area contributed by atoms with Crippen LogP contribution in [0.1, 0.15) is 59.9 Å². The number of carbonyl (C=O) groups is 3. The average molecular weight is 945 g/mol. The number of esters is 1. The van der Waals surface area contributed by atoms with Crippen molar-refractivity contribution in [1.29, 1.82) is 0 Å². The summed E-state index contributed by atoms with van der Waals surface area (Å²) in [6.07, 6.45) is 1.20. The van der Waals surface area contributed by atoms with E-state index in [-0.39, 0.29) is 12.0 Å². The first-order valence-corrected chi connectivity index (χ1v) is 17.8. The molecule has 1 atom stereocenters. The molecule has 0 saturated carbocycles. The van der Waals surface area contributed by atoms with Crippen molar-refractivity contribution in [2.24, 2.45) is 5.92 Å². The van der Waals surface area contributed by atoms with E-state index >= 15 is 0 Å². The third kappa shape index (κ3) is 12.0. The molecule has 3 rings (SSSR count). The van der Waals surface area contributed by atoms with E-state index in [1.54, 1.807) is 16.8 Å². The lowest BCUT2D eigenvalue weighted by Gasteiger charge is -2.26. The van der Waals surface area contributed by atoms with Crippen molar-refractivity contribution in [3.8, 4) is 5.75 Å². The first-order valence-electron chi connectivity index (χ1n) is 14.5. The number of amides is 3. The fraction of sp³-hybridized carbons (Fsp3) is 0.531. The summed E-state index contributed by atoms with van der Waals surface area (Å²) in [5.74, 6) is 0.00663. The summed E-state index contributed by atoms with van der Waals surface area (Å²) in [6.45, 7) is 12.6. The summed E-state index contributed by atoms with van der Waals surface area (Å²) in [5, 5.41) is 0. The van der Waals surface area contributed by atoms with Gasteiger partial charge < -0.3 is 19.1 Å². The Kier molecular flexibility index (Phi) is 12.9. The van der Waals surface area contributed by atoms with E-state index in [1.165, 1.54) is 4.90 Å². The molecule has 0 N–H and O–H groups in total. The smallest absolute Gasteiger partial charge is 0.410 e. The normalized spacial score (nSPS) is 14.8. The van der Waals surface area contributed by atoms with E-state index in [0.29, 0.717) is 44.6 Å². The van der Waals surface area contributed by atoms with Crippen molar-refractivity contribution in [2.75, 3.05) is 36.5 Å². The number of nitrogens with zero attached hydrogens (tertiary/aromatic N) is 3. The quantitative estimate of drug-likeness (QED) is 0.128. The van der Waals surface area contributed by atoms with E-state index in [9.17, 15) is 14.4 Å². The topological polar surface area (TPSA) is 88.6 Å². The molecule has 1 fully saturated rings. The summed E-state index contributed by atoms with van der Waals surface area (Å²) in [6, 6.07) is 15.2. The maximum absolute atomic E-state index is 13.5. The fourth-order valence-electron chi connectivity index (χ4n) is 4.69. The second-order valence-electron chi connectivity index (χ2n) is 12.8. The van der Waals surface area contributed by atoms with Gasteiger partial charge in [-0.25, -0.2) is 9.59 Å². The second-order valence-corrected chi connectivity index (χ2v) is 23.5. The number of hydrogen-bond acceptors (Lipinski definition) is 6. The van der Waals surface area contributed by atoms with Crippen LogP contribution in [0, 0.1) is 5.92 Å². The zero-order valence-corrected chi connectivity index (χ0v) is 32.8. The highest BCUT2D eigenvalue weighted by Gasteiger charge is 2.32. The highest BCUT2D eigenvalue weighted by atomic mass is 127. The van der Waals surface area contributed by atoms with Crippen molar-refractivity contribution in [3.63, 3.8) is 0 Å². The summed E-state index contributed by atoms with van der Waals surface area (Å²) in [7, 11) is 1.70. The van der Waals surface area contributed by atoms with Gasteiger partial charge in [-0.05, 0) is 158 Å². The lowest BCUT2D eigenvalue weighted by atomic mass is 9.94. The molecule has 1 aliphatic heterocycles. The minimum absolute atomic E-state index is 0.113. The van der Waals surface area contributed by atoms with Crippen LogP contribution in [0.5, 0.6) is 5.75 Å². The van der Waals surface area contributed by atoms with Crippen LogP contribution in [-0.4, -0.2) is 60.5 Å². The molecule has 0 aliphatic carbocycles. The zero-order valence-electron chi connectivity index (χ0n) is 26.4. The number of benzene rings is 2. The Bertz CT molecular complexity index is 1320. The van der Waals surface area contributed by atoms with Crippen molar-refractivity contribution < 1.29 is 28.6 Å². The van der Waals surface area contributed by atoms with Crippen LogP contribution < -0.4 is 14.5 Å². The highest BCUT2D eigenvalue weighted by Crippen LogP contribution is 2.39. The van der Waals surface area contributed by atoms with Crippen molar-refractivity contribution >= 4 is 97.2 Å². The number of rotatable bonds is 11. The molecule has 2 aromatic rings. The number of halogens is 3. The van der Waals surface area contributed by atoms with Gasteiger partial charge in [0.1, 0.15) is 17.0 Å². The number of urea groups is 1. The Morgan fingerprint density at radius 3 is 2.02 bits per heavy atom. The third-order valence-corrected chi connectivity index (χ3v) is 7.23. The minimum atomic E-state index is -0.621. The molecule has 0 bridgehead atoms. The molecule has 0 spiro atoms. The van der Waals surface area contributed by atoms with Gasteiger partial charge in [0.2, 0.25) is 0 Å². The molecule has 3 amide bonds. The van der Waals surface area contributed by atoms with Gasteiger partial charge in [0.05, 0.1) is 5.92 Å². The first-order chi connectivity index (χ1) is 20.3. The van der Waals surface area contributed by atoms with Gasteiger partial charge in [0.15, 0.2) is 0 Å². The lowest BCUT2D eigenvalue weighted by molar-refractivity contribution is -0.160. The zero-order chi connectivity index (χ0) is 32.9. The van der Waals surface area contributed by atoms with E-state index in [1.807, 2.05) is 90.1 Å². The van der Waals surface area contributed by atoms with Gasteiger partial charge >= 0.3 is 18.1 Å². The molecule has 9 nitrogen and oxygen atoms in total. The van der Waals surface area contributed by atoms with Crippen molar-refractivity contribution in [2.45, 2.75) is 71.6 Å².